The first-order valence-corrected chi connectivity index (χ1v) is 10.1. The molecule has 0 bridgehead atoms. The van der Waals surface area contributed by atoms with Gasteiger partial charge in [-0.05, 0) is 23.6 Å². The van der Waals surface area contributed by atoms with Crippen LogP contribution in [0.5, 0.6) is 5.75 Å². The van der Waals surface area contributed by atoms with E-state index in [1.165, 1.54) is 48.1 Å². The van der Waals surface area contributed by atoms with Crippen LogP contribution in [0.4, 0.5) is 0 Å². The molecule has 0 unspecified atom stereocenters. The van der Waals surface area contributed by atoms with Crippen LogP contribution in [0.3, 0.4) is 0 Å². The Morgan fingerprint density at radius 3 is 2.00 bits per heavy atom. The third-order valence-electron chi connectivity index (χ3n) is 5.70. The van der Waals surface area contributed by atoms with Gasteiger partial charge in [-0.1, -0.05) is 54.1 Å². The second-order valence-corrected chi connectivity index (χ2v) is 7.82. The Bertz CT molecular complexity index is 919. The van der Waals surface area contributed by atoms with Gasteiger partial charge in [0.05, 0.1) is 7.11 Å². The zero-order chi connectivity index (χ0) is 18.6. The maximum Gasteiger partial charge on any atom is 0.127 e. The number of halogens is 1. The number of ether oxygens (including phenoxy) is 1. The fourth-order valence-corrected chi connectivity index (χ4v) is 4.36. The largest absolute Gasteiger partial charge is 0.496 e. The molecule has 1 aliphatic heterocycles. The molecule has 3 nitrogen and oxygen atoms in total. The van der Waals surface area contributed by atoms with Crippen LogP contribution in [-0.2, 0) is 13.1 Å². The molecule has 0 atom stereocenters. The van der Waals surface area contributed by atoms with Crippen LogP contribution < -0.4 is 14.5 Å². The highest BCUT2D eigenvalue weighted by atomic mass is 35.5. The van der Waals surface area contributed by atoms with Gasteiger partial charge in [0.25, 0.3) is 0 Å². The van der Waals surface area contributed by atoms with Crippen LogP contribution in [0.15, 0.2) is 60.7 Å². The molecule has 4 rings (SSSR count). The second-order valence-electron chi connectivity index (χ2n) is 7.42. The van der Waals surface area contributed by atoms with E-state index in [-0.39, 0.29) is 0 Å². The molecule has 1 fully saturated rings. The zero-order valence-corrected chi connectivity index (χ0v) is 16.6. The molecule has 4 heteroatoms. The molecule has 2 N–H and O–H groups in total. The lowest BCUT2D eigenvalue weighted by molar-refractivity contribution is -1.02. The van der Waals surface area contributed by atoms with Crippen LogP contribution in [0, 0.1) is 0 Å². The molecule has 0 aliphatic carbocycles. The highest BCUT2D eigenvalue weighted by molar-refractivity contribution is 6.31. The highest BCUT2D eigenvalue weighted by Gasteiger charge is 2.24. The van der Waals surface area contributed by atoms with Crippen molar-refractivity contribution in [2.24, 2.45) is 0 Å². The molecular weight excluding hydrogens is 356 g/mol. The van der Waals surface area contributed by atoms with Crippen molar-refractivity contribution in [2.45, 2.75) is 13.1 Å². The number of methoxy groups -OCH3 is 1. The summed E-state index contributed by atoms with van der Waals surface area (Å²) in [7, 11) is 1.74. The molecule has 27 heavy (non-hydrogen) atoms. The first kappa shape index (κ1) is 18.3. The Morgan fingerprint density at radius 1 is 0.741 bits per heavy atom. The molecule has 0 aromatic heterocycles. The summed E-state index contributed by atoms with van der Waals surface area (Å²) in [4.78, 5) is 3.29. The minimum atomic E-state index is 0.893. The van der Waals surface area contributed by atoms with Gasteiger partial charge in [-0.2, -0.15) is 0 Å². The van der Waals surface area contributed by atoms with E-state index in [0.717, 1.165) is 23.9 Å². The molecule has 140 valence electrons. The molecule has 1 aliphatic rings. The van der Waals surface area contributed by atoms with Crippen molar-refractivity contribution in [3.8, 4) is 5.75 Å². The minimum absolute atomic E-state index is 0.893. The first-order valence-electron chi connectivity index (χ1n) is 9.70. The van der Waals surface area contributed by atoms with Gasteiger partial charge in [-0.3, -0.25) is 0 Å². The maximum absolute atomic E-state index is 6.33. The monoisotopic (exact) mass is 382 g/mol. The number of nitrogens with one attached hydrogen (secondary N) is 2. The van der Waals surface area contributed by atoms with Crippen molar-refractivity contribution >= 4 is 22.4 Å². The normalized spacial score (nSPS) is 19.9. The fourth-order valence-electron chi connectivity index (χ4n) is 4.16. The molecule has 0 spiro atoms. The average molecular weight is 383 g/mol. The SMILES string of the molecule is COc1ccc(C[NH+]2CC[NH+](Cc3ccccc3Cl)CC2)c2ccccc12. The second kappa shape index (κ2) is 8.30. The standard InChI is InChI=1S/C23H25ClN2O/c1-27-23-11-10-18(20-7-3-4-8-21(20)23)16-25-12-14-26(15-13-25)17-19-6-2-5-9-22(19)24/h2-11H,12-17H2,1H3/p+2. The van der Waals surface area contributed by atoms with Crippen molar-refractivity contribution in [1.29, 1.82) is 0 Å². The molecule has 0 radical (unpaired) electrons. The zero-order valence-electron chi connectivity index (χ0n) is 15.8. The van der Waals surface area contributed by atoms with E-state index in [9.17, 15) is 0 Å². The Morgan fingerprint density at radius 2 is 1.33 bits per heavy atom. The van der Waals surface area contributed by atoms with E-state index in [1.807, 2.05) is 12.1 Å². The molecule has 1 saturated heterocycles. The number of hydrogen-bond donors (Lipinski definition) is 2. The number of quaternary nitrogens is 2. The summed E-state index contributed by atoms with van der Waals surface area (Å²) < 4.78 is 5.53. The maximum atomic E-state index is 6.33. The lowest BCUT2D eigenvalue weighted by Gasteiger charge is -2.30. The molecule has 0 amide bonds. The third-order valence-corrected chi connectivity index (χ3v) is 6.07. The summed E-state index contributed by atoms with van der Waals surface area (Å²) in [5.74, 6) is 0.957. The number of fused-ring (bicyclic) bond motifs is 1. The number of hydrogen-bond acceptors (Lipinski definition) is 1. The summed E-state index contributed by atoms with van der Waals surface area (Å²) in [6.07, 6.45) is 0. The van der Waals surface area contributed by atoms with Crippen molar-refractivity contribution in [3.63, 3.8) is 0 Å². The minimum Gasteiger partial charge on any atom is -0.496 e. The van der Waals surface area contributed by atoms with Crippen LogP contribution in [0.1, 0.15) is 11.1 Å². The molecule has 3 aromatic carbocycles. The van der Waals surface area contributed by atoms with Crippen LogP contribution in [0.25, 0.3) is 10.8 Å². The topological polar surface area (TPSA) is 18.1 Å². The smallest absolute Gasteiger partial charge is 0.127 e. The number of rotatable bonds is 5. The van der Waals surface area contributed by atoms with Gasteiger partial charge >= 0.3 is 0 Å². The van der Waals surface area contributed by atoms with Crippen molar-refractivity contribution in [1.82, 2.24) is 0 Å². The van der Waals surface area contributed by atoms with Gasteiger partial charge < -0.3 is 14.5 Å². The summed E-state index contributed by atoms with van der Waals surface area (Å²) in [5.41, 5.74) is 2.68. The predicted octanol–water partition coefficient (Wildman–Crippen LogP) is 1.99. The van der Waals surface area contributed by atoms with Crippen molar-refractivity contribution in [3.05, 3.63) is 76.8 Å². The van der Waals surface area contributed by atoms with Gasteiger partial charge in [0.15, 0.2) is 0 Å². The van der Waals surface area contributed by atoms with Crippen molar-refractivity contribution < 1.29 is 14.5 Å². The Labute approximate surface area is 166 Å². The van der Waals surface area contributed by atoms with Gasteiger partial charge in [-0.25, -0.2) is 0 Å². The number of piperazine rings is 1. The molecule has 1 heterocycles. The Hall–Kier alpha value is -2.07. The van der Waals surface area contributed by atoms with Crippen molar-refractivity contribution in [2.75, 3.05) is 33.3 Å². The summed E-state index contributed by atoms with van der Waals surface area (Å²) >= 11 is 6.33. The van der Waals surface area contributed by atoms with E-state index in [0.29, 0.717) is 0 Å². The van der Waals surface area contributed by atoms with E-state index in [2.05, 4.69) is 48.5 Å². The molecular formula is C23H27ClN2O+2. The van der Waals surface area contributed by atoms with E-state index >= 15 is 0 Å². The van der Waals surface area contributed by atoms with Gasteiger partial charge in [0.1, 0.15) is 45.0 Å². The summed E-state index contributed by atoms with van der Waals surface area (Å²) in [5, 5.41) is 3.42. The van der Waals surface area contributed by atoms with Crippen LogP contribution in [0.2, 0.25) is 5.02 Å². The van der Waals surface area contributed by atoms with Crippen LogP contribution in [-0.4, -0.2) is 33.3 Å². The van der Waals surface area contributed by atoms with Crippen LogP contribution >= 0.6 is 11.6 Å². The van der Waals surface area contributed by atoms with Gasteiger partial charge in [0.2, 0.25) is 0 Å². The van der Waals surface area contributed by atoms with Gasteiger partial charge in [0, 0.05) is 21.5 Å². The average Bonchev–Trinajstić information content (AvgIpc) is 2.71. The molecule has 0 saturated carbocycles. The predicted molar refractivity (Wildman–Crippen MR) is 111 cm³/mol. The third kappa shape index (κ3) is 4.11. The lowest BCUT2D eigenvalue weighted by Crippen LogP contribution is -3.27. The van der Waals surface area contributed by atoms with E-state index in [1.54, 1.807) is 16.9 Å². The first-order chi connectivity index (χ1) is 13.2. The Balaban J connectivity index is 1.41. The highest BCUT2D eigenvalue weighted by Crippen LogP contribution is 2.27. The van der Waals surface area contributed by atoms with E-state index < -0.39 is 0 Å². The van der Waals surface area contributed by atoms with E-state index in [4.69, 9.17) is 16.3 Å². The summed E-state index contributed by atoms with van der Waals surface area (Å²) in [6, 6.07) is 21.1. The lowest BCUT2D eigenvalue weighted by atomic mass is 10.0. The van der Waals surface area contributed by atoms with Gasteiger partial charge in [-0.15, -0.1) is 0 Å². The molecule has 3 aromatic rings. The quantitative estimate of drug-likeness (QED) is 0.690. The summed E-state index contributed by atoms with van der Waals surface area (Å²) in [6.45, 7) is 6.87. The Kier molecular flexibility index (Phi) is 5.63. The number of benzene rings is 3. The fraction of sp³-hybridized carbons (Fsp3) is 0.304.